The number of amides is 1. The summed E-state index contributed by atoms with van der Waals surface area (Å²) in [5.41, 5.74) is 0.344. The zero-order valence-electron chi connectivity index (χ0n) is 15.6. The number of carbonyl (C=O) groups is 1. The van der Waals surface area contributed by atoms with Crippen LogP contribution in [-0.4, -0.2) is 27.1 Å². The number of hydrogen-bond acceptors (Lipinski definition) is 4. The summed E-state index contributed by atoms with van der Waals surface area (Å²) in [5.74, 6) is -1.31. The van der Waals surface area contributed by atoms with Crippen LogP contribution in [0.2, 0.25) is 0 Å². The maximum Gasteiger partial charge on any atom is 0.264 e. The van der Waals surface area contributed by atoms with Crippen molar-refractivity contribution in [1.82, 2.24) is 0 Å². The highest BCUT2D eigenvalue weighted by molar-refractivity contribution is 7.98. The predicted molar refractivity (Wildman–Crippen MR) is 114 cm³/mol. The summed E-state index contributed by atoms with van der Waals surface area (Å²) >= 11 is 1.52. The molecule has 0 radical (unpaired) electrons. The number of nitrogens with one attached hydrogen (secondary N) is 1. The van der Waals surface area contributed by atoms with E-state index in [-0.39, 0.29) is 10.6 Å². The van der Waals surface area contributed by atoms with Gasteiger partial charge in [-0.3, -0.25) is 9.10 Å². The van der Waals surface area contributed by atoms with E-state index in [2.05, 4.69) is 5.32 Å². The number of carbonyl (C=O) groups excluding carboxylic acids is 1. The summed E-state index contributed by atoms with van der Waals surface area (Å²) in [6.45, 7) is -0.568. The van der Waals surface area contributed by atoms with Crippen molar-refractivity contribution >= 4 is 39.1 Å². The Bertz CT molecular complexity index is 1110. The molecule has 0 spiro atoms. The van der Waals surface area contributed by atoms with Crippen LogP contribution in [0, 0.1) is 5.82 Å². The van der Waals surface area contributed by atoms with Crippen molar-refractivity contribution in [3.05, 3.63) is 84.7 Å². The van der Waals surface area contributed by atoms with Gasteiger partial charge in [-0.2, -0.15) is 0 Å². The molecular weight excluding hydrogens is 411 g/mol. The average Bonchev–Trinajstić information content (AvgIpc) is 2.73. The highest BCUT2D eigenvalue weighted by Gasteiger charge is 2.29. The van der Waals surface area contributed by atoms with Crippen molar-refractivity contribution in [2.45, 2.75) is 9.79 Å². The van der Waals surface area contributed by atoms with Crippen molar-refractivity contribution in [1.29, 1.82) is 0 Å². The number of halogens is 1. The lowest BCUT2D eigenvalue weighted by atomic mass is 10.3. The third kappa shape index (κ3) is 4.96. The molecule has 5 nitrogen and oxygen atoms in total. The predicted octanol–water partition coefficient (Wildman–Crippen LogP) is 4.38. The van der Waals surface area contributed by atoms with E-state index in [1.807, 2.05) is 12.3 Å². The molecule has 0 fully saturated rings. The molecule has 3 aromatic carbocycles. The SMILES string of the molecule is CSc1cccc(NC(=O)CN(c2ccccc2F)S(=O)(=O)c2ccccc2)c1. The first kappa shape index (κ1) is 20.9. The molecule has 3 rings (SSSR count). The summed E-state index contributed by atoms with van der Waals surface area (Å²) in [6, 6.07) is 20.3. The fourth-order valence-electron chi connectivity index (χ4n) is 2.71. The van der Waals surface area contributed by atoms with Gasteiger partial charge in [0.05, 0.1) is 10.6 Å². The summed E-state index contributed by atoms with van der Waals surface area (Å²) in [5, 5.41) is 2.68. The van der Waals surface area contributed by atoms with E-state index in [0.717, 1.165) is 15.3 Å². The number of sulfonamides is 1. The fraction of sp³-hybridized carbons (Fsp3) is 0.0952. The molecule has 0 saturated carbocycles. The molecule has 3 aromatic rings. The van der Waals surface area contributed by atoms with Crippen LogP contribution in [0.1, 0.15) is 0 Å². The maximum atomic E-state index is 14.4. The van der Waals surface area contributed by atoms with Crippen LogP contribution < -0.4 is 9.62 Å². The molecule has 1 N–H and O–H groups in total. The Balaban J connectivity index is 1.94. The van der Waals surface area contributed by atoms with E-state index in [4.69, 9.17) is 0 Å². The Hall–Kier alpha value is -2.84. The van der Waals surface area contributed by atoms with Crippen LogP contribution in [0.5, 0.6) is 0 Å². The number of hydrogen-bond donors (Lipinski definition) is 1. The molecule has 0 saturated heterocycles. The Kier molecular flexibility index (Phi) is 6.56. The van der Waals surface area contributed by atoms with Crippen LogP contribution in [0.15, 0.2) is 88.7 Å². The third-order valence-corrected chi connectivity index (χ3v) is 6.59. The van der Waals surface area contributed by atoms with Gasteiger partial charge in [-0.25, -0.2) is 12.8 Å². The summed E-state index contributed by atoms with van der Waals surface area (Å²) < 4.78 is 41.5. The van der Waals surface area contributed by atoms with E-state index in [1.165, 1.54) is 42.1 Å². The quantitative estimate of drug-likeness (QED) is 0.565. The Morgan fingerprint density at radius 2 is 1.69 bits per heavy atom. The summed E-state index contributed by atoms with van der Waals surface area (Å²) in [6.07, 6.45) is 1.91. The second-order valence-electron chi connectivity index (χ2n) is 6.06. The topological polar surface area (TPSA) is 66.5 Å². The van der Waals surface area contributed by atoms with Gasteiger partial charge in [-0.05, 0) is 48.7 Å². The molecule has 0 aliphatic rings. The van der Waals surface area contributed by atoms with E-state index in [0.29, 0.717) is 5.69 Å². The average molecular weight is 431 g/mol. The molecule has 0 unspecified atom stereocenters. The van der Waals surface area contributed by atoms with Gasteiger partial charge in [0, 0.05) is 10.6 Å². The van der Waals surface area contributed by atoms with Gasteiger partial charge in [-0.1, -0.05) is 36.4 Å². The zero-order valence-corrected chi connectivity index (χ0v) is 17.2. The lowest BCUT2D eigenvalue weighted by molar-refractivity contribution is -0.114. The molecule has 150 valence electrons. The summed E-state index contributed by atoms with van der Waals surface area (Å²) in [7, 11) is -4.15. The Labute approximate surface area is 173 Å². The van der Waals surface area contributed by atoms with Crippen LogP contribution in [0.25, 0.3) is 0 Å². The Morgan fingerprint density at radius 3 is 2.38 bits per heavy atom. The Morgan fingerprint density at radius 1 is 1.00 bits per heavy atom. The van der Waals surface area contributed by atoms with Crippen molar-refractivity contribution in [3.8, 4) is 0 Å². The molecular formula is C21H19FN2O3S2. The first-order chi connectivity index (χ1) is 13.9. The first-order valence-corrected chi connectivity index (χ1v) is 11.3. The van der Waals surface area contributed by atoms with Gasteiger partial charge in [0.15, 0.2) is 0 Å². The third-order valence-electron chi connectivity index (χ3n) is 4.09. The van der Waals surface area contributed by atoms with E-state index >= 15 is 0 Å². The molecule has 0 aliphatic carbocycles. The number of para-hydroxylation sites is 1. The molecule has 0 heterocycles. The molecule has 0 aliphatic heterocycles. The van der Waals surface area contributed by atoms with Crippen molar-refractivity contribution in [3.63, 3.8) is 0 Å². The maximum absolute atomic E-state index is 14.4. The minimum Gasteiger partial charge on any atom is -0.324 e. The molecule has 0 bridgehead atoms. The van der Waals surface area contributed by atoms with E-state index in [9.17, 15) is 17.6 Å². The molecule has 8 heteroatoms. The standard InChI is InChI=1S/C21H19FN2O3S2/c1-28-17-9-7-8-16(14-17)23-21(25)15-24(20-13-6-5-12-19(20)22)29(26,27)18-10-3-2-4-11-18/h2-14H,15H2,1H3,(H,23,25). The van der Waals surface area contributed by atoms with Crippen molar-refractivity contribution in [2.75, 3.05) is 22.4 Å². The minimum absolute atomic E-state index is 0.0274. The normalized spacial score (nSPS) is 11.1. The van der Waals surface area contributed by atoms with Crippen molar-refractivity contribution < 1.29 is 17.6 Å². The number of anilines is 2. The van der Waals surface area contributed by atoms with Crippen LogP contribution >= 0.6 is 11.8 Å². The largest absolute Gasteiger partial charge is 0.324 e. The van der Waals surface area contributed by atoms with Gasteiger partial charge >= 0.3 is 0 Å². The van der Waals surface area contributed by atoms with Gasteiger partial charge < -0.3 is 5.32 Å². The lowest BCUT2D eigenvalue weighted by Gasteiger charge is -2.24. The zero-order chi connectivity index (χ0) is 20.9. The second kappa shape index (κ2) is 9.11. The van der Waals surface area contributed by atoms with Crippen molar-refractivity contribution in [2.24, 2.45) is 0 Å². The lowest BCUT2D eigenvalue weighted by Crippen LogP contribution is -2.38. The molecule has 0 aromatic heterocycles. The summed E-state index contributed by atoms with van der Waals surface area (Å²) in [4.78, 5) is 13.6. The molecule has 29 heavy (non-hydrogen) atoms. The fourth-order valence-corrected chi connectivity index (χ4v) is 4.61. The minimum atomic E-state index is -4.15. The highest BCUT2D eigenvalue weighted by atomic mass is 32.2. The van der Waals surface area contributed by atoms with E-state index < -0.39 is 28.3 Å². The number of benzene rings is 3. The molecule has 0 atom stereocenters. The van der Waals surface area contributed by atoms with Crippen LogP contribution in [-0.2, 0) is 14.8 Å². The monoisotopic (exact) mass is 430 g/mol. The first-order valence-electron chi connectivity index (χ1n) is 8.68. The van der Waals surface area contributed by atoms with Gasteiger partial charge in [0.2, 0.25) is 5.91 Å². The van der Waals surface area contributed by atoms with Gasteiger partial charge in [-0.15, -0.1) is 11.8 Å². The number of thioether (sulfide) groups is 1. The van der Waals surface area contributed by atoms with Gasteiger partial charge in [0.25, 0.3) is 10.0 Å². The highest BCUT2D eigenvalue weighted by Crippen LogP contribution is 2.26. The van der Waals surface area contributed by atoms with E-state index in [1.54, 1.807) is 36.4 Å². The number of nitrogens with zero attached hydrogens (tertiary/aromatic N) is 1. The van der Waals surface area contributed by atoms with Gasteiger partial charge in [0.1, 0.15) is 12.4 Å². The second-order valence-corrected chi connectivity index (χ2v) is 8.80. The van der Waals surface area contributed by atoms with Crippen LogP contribution in [0.4, 0.5) is 15.8 Å². The molecule has 1 amide bonds. The van der Waals surface area contributed by atoms with Crippen LogP contribution in [0.3, 0.4) is 0 Å². The smallest absolute Gasteiger partial charge is 0.264 e. The number of rotatable bonds is 7.